The summed E-state index contributed by atoms with van der Waals surface area (Å²) in [6, 6.07) is 6.86. The van der Waals surface area contributed by atoms with Gasteiger partial charge in [-0.2, -0.15) is 0 Å². The van der Waals surface area contributed by atoms with Crippen LogP contribution in [0.3, 0.4) is 0 Å². The number of ether oxygens (including phenoxy) is 1. The third-order valence-corrected chi connectivity index (χ3v) is 6.44. The van der Waals surface area contributed by atoms with E-state index in [0.29, 0.717) is 12.6 Å². The largest absolute Gasteiger partial charge is 0.343 e. The molecule has 0 bridgehead atoms. The summed E-state index contributed by atoms with van der Waals surface area (Å²) in [7, 11) is 0. The van der Waals surface area contributed by atoms with Crippen molar-refractivity contribution in [2.75, 3.05) is 0 Å². The molecule has 3 N–H and O–H groups in total. The summed E-state index contributed by atoms with van der Waals surface area (Å²) in [5.74, 6) is 0.0317. The van der Waals surface area contributed by atoms with E-state index in [9.17, 15) is 4.79 Å². The first-order valence-electron chi connectivity index (χ1n) is 9.90. The molecule has 5 nitrogen and oxygen atoms in total. The Labute approximate surface area is 157 Å². The van der Waals surface area contributed by atoms with E-state index in [2.05, 4.69) is 41.9 Å². The molecule has 3 aromatic rings. The van der Waals surface area contributed by atoms with E-state index >= 15 is 0 Å². The zero-order valence-corrected chi connectivity index (χ0v) is 15.6. The lowest BCUT2D eigenvalue weighted by molar-refractivity contribution is 0.0933. The molecule has 1 saturated heterocycles. The third-order valence-electron chi connectivity index (χ3n) is 6.44. The van der Waals surface area contributed by atoms with Gasteiger partial charge in [-0.05, 0) is 61.9 Å². The number of hydrogen-bond acceptors (Lipinski definition) is 3. The van der Waals surface area contributed by atoms with Crippen LogP contribution in [0.15, 0.2) is 18.2 Å². The van der Waals surface area contributed by atoms with Gasteiger partial charge in [0.2, 0.25) is 0 Å². The summed E-state index contributed by atoms with van der Waals surface area (Å²) in [6.07, 6.45) is 2.94. The number of nitrogens with one attached hydrogen (secondary N) is 1. The van der Waals surface area contributed by atoms with Gasteiger partial charge in [0.25, 0.3) is 5.91 Å². The monoisotopic (exact) mass is 361 g/mol. The van der Waals surface area contributed by atoms with E-state index in [0.717, 1.165) is 36.0 Å². The second-order valence-electron chi connectivity index (χ2n) is 8.29. The van der Waals surface area contributed by atoms with E-state index < -0.39 is 0 Å². The minimum Gasteiger partial charge on any atom is -0.343 e. The predicted molar refractivity (Wildman–Crippen MR) is 105 cm³/mol. The quantitative estimate of drug-likeness (QED) is 0.687. The van der Waals surface area contributed by atoms with Crippen LogP contribution in [0.25, 0.3) is 21.8 Å². The number of hydrogen-bond donors (Lipinski definition) is 2. The molecule has 1 aromatic heterocycles. The van der Waals surface area contributed by atoms with Crippen LogP contribution >= 0.6 is 0 Å². The van der Waals surface area contributed by atoms with Gasteiger partial charge in [0, 0.05) is 40.0 Å². The highest BCUT2D eigenvalue weighted by Crippen LogP contribution is 2.51. The zero-order chi connectivity index (χ0) is 18.4. The average molecular weight is 361 g/mol. The van der Waals surface area contributed by atoms with Gasteiger partial charge < -0.3 is 20.4 Å². The van der Waals surface area contributed by atoms with E-state index in [1.807, 2.05) is 0 Å². The van der Waals surface area contributed by atoms with Crippen molar-refractivity contribution < 1.29 is 9.53 Å². The maximum Gasteiger partial charge on any atom is 0.254 e. The summed E-state index contributed by atoms with van der Waals surface area (Å²) in [6.45, 7) is 4.99. The normalized spacial score (nSPS) is 22.9. The van der Waals surface area contributed by atoms with Crippen LogP contribution in [0.5, 0.6) is 0 Å². The highest BCUT2D eigenvalue weighted by Gasteiger charge is 2.50. The summed E-state index contributed by atoms with van der Waals surface area (Å²) >= 11 is 0. The van der Waals surface area contributed by atoms with Crippen molar-refractivity contribution in [2.24, 2.45) is 5.73 Å². The third kappa shape index (κ3) is 1.88. The Kier molecular flexibility index (Phi) is 2.97. The van der Waals surface area contributed by atoms with Crippen molar-refractivity contribution in [1.82, 2.24) is 9.88 Å². The summed E-state index contributed by atoms with van der Waals surface area (Å²) in [5.41, 5.74) is 14.2. The van der Waals surface area contributed by atoms with E-state index in [1.54, 1.807) is 0 Å². The zero-order valence-electron chi connectivity index (χ0n) is 15.6. The van der Waals surface area contributed by atoms with Gasteiger partial charge in [0.15, 0.2) is 6.23 Å². The highest BCUT2D eigenvalue weighted by atomic mass is 16.6. The molecule has 27 heavy (non-hydrogen) atoms. The number of rotatable bonds is 2. The van der Waals surface area contributed by atoms with Crippen LogP contribution in [-0.4, -0.2) is 16.7 Å². The van der Waals surface area contributed by atoms with Crippen LogP contribution < -0.4 is 11.1 Å². The molecule has 138 valence electrons. The Bertz CT molecular complexity index is 1160. The second-order valence-corrected chi connectivity index (χ2v) is 8.29. The number of benzene rings is 2. The fourth-order valence-electron chi connectivity index (χ4n) is 5.35. The number of aromatic nitrogens is 1. The molecule has 1 amide bonds. The van der Waals surface area contributed by atoms with Crippen LogP contribution in [0.4, 0.5) is 0 Å². The summed E-state index contributed by atoms with van der Waals surface area (Å²) in [5, 5.41) is 5.44. The Morgan fingerprint density at radius 2 is 2.11 bits per heavy atom. The molecule has 2 aromatic carbocycles. The first-order valence-corrected chi connectivity index (χ1v) is 9.90. The second kappa shape index (κ2) is 5.12. The van der Waals surface area contributed by atoms with Gasteiger partial charge in [-0.3, -0.25) is 4.79 Å². The fourth-order valence-corrected chi connectivity index (χ4v) is 5.35. The van der Waals surface area contributed by atoms with Crippen molar-refractivity contribution in [1.29, 1.82) is 0 Å². The molecule has 1 aliphatic carbocycles. The van der Waals surface area contributed by atoms with Crippen LogP contribution in [0, 0.1) is 0 Å². The lowest BCUT2D eigenvalue weighted by Crippen LogP contribution is -2.32. The van der Waals surface area contributed by atoms with Crippen molar-refractivity contribution in [3.8, 4) is 0 Å². The maximum absolute atomic E-state index is 12.9. The van der Waals surface area contributed by atoms with Gasteiger partial charge in [-0.1, -0.05) is 6.07 Å². The molecule has 0 spiro atoms. The van der Waals surface area contributed by atoms with Crippen molar-refractivity contribution in [3.05, 3.63) is 46.0 Å². The lowest BCUT2D eigenvalue weighted by atomic mass is 9.88. The Hall–Kier alpha value is -2.37. The predicted octanol–water partition coefficient (Wildman–Crippen LogP) is 3.46. The molecule has 2 atom stereocenters. The standard InChI is InChI=1S/C22H23N3O2/c1-10(2)25-15-7-6-11(9-23)8-14(15)16-18-17(21(26)24-22-20(18)27-22)12-4-3-5-13(12)19(16)25/h6-8,10,20,22H,3-5,9,23H2,1-2H3,(H,24,26). The fraction of sp³-hybridized carbons (Fsp3) is 0.409. The molecule has 2 aliphatic heterocycles. The van der Waals surface area contributed by atoms with E-state index in [-0.39, 0.29) is 18.2 Å². The SMILES string of the molecule is CC(C)n1c2ccc(CN)cc2c2c3c(c4c(c21)CCC4)C(=O)NC1OC31. The lowest BCUT2D eigenvalue weighted by Gasteiger charge is -2.20. The van der Waals surface area contributed by atoms with Crippen LogP contribution in [-0.2, 0) is 24.1 Å². The highest BCUT2D eigenvalue weighted by molar-refractivity contribution is 6.16. The molecule has 2 unspecified atom stereocenters. The molecule has 5 heteroatoms. The van der Waals surface area contributed by atoms with E-state index in [1.165, 1.54) is 32.9 Å². The Morgan fingerprint density at radius 3 is 2.89 bits per heavy atom. The minimum atomic E-state index is -0.164. The van der Waals surface area contributed by atoms with Gasteiger partial charge in [0.05, 0.1) is 5.52 Å². The molecule has 6 rings (SSSR count). The maximum atomic E-state index is 12.9. The number of nitrogens with two attached hydrogens (primary N) is 1. The minimum absolute atomic E-state index is 0.0150. The van der Waals surface area contributed by atoms with Crippen molar-refractivity contribution in [3.63, 3.8) is 0 Å². The summed E-state index contributed by atoms with van der Waals surface area (Å²) in [4.78, 5) is 12.9. The van der Waals surface area contributed by atoms with Crippen molar-refractivity contribution in [2.45, 2.75) is 58.0 Å². The smallest absolute Gasteiger partial charge is 0.254 e. The number of fused-ring (bicyclic) bond motifs is 10. The number of amides is 1. The average Bonchev–Trinajstić information content (AvgIpc) is 3.12. The number of carbonyl (C=O) groups is 1. The molecule has 3 aliphatic rings. The van der Waals surface area contributed by atoms with Gasteiger partial charge in [-0.15, -0.1) is 0 Å². The molecule has 0 saturated carbocycles. The number of aryl methyl sites for hydroxylation is 1. The molecule has 0 radical (unpaired) electrons. The first-order chi connectivity index (χ1) is 13.1. The van der Waals surface area contributed by atoms with Crippen molar-refractivity contribution >= 4 is 27.7 Å². The topological polar surface area (TPSA) is 72.6 Å². The number of carbonyl (C=O) groups excluding carboxylic acids is 1. The number of nitrogens with zero attached hydrogens (tertiary/aromatic N) is 1. The van der Waals surface area contributed by atoms with Gasteiger partial charge in [-0.25, -0.2) is 0 Å². The summed E-state index contributed by atoms with van der Waals surface area (Å²) < 4.78 is 8.31. The molecular weight excluding hydrogens is 338 g/mol. The van der Waals surface area contributed by atoms with Crippen LogP contribution in [0.1, 0.15) is 65.0 Å². The van der Waals surface area contributed by atoms with E-state index in [4.69, 9.17) is 10.5 Å². The van der Waals surface area contributed by atoms with Gasteiger partial charge >= 0.3 is 0 Å². The van der Waals surface area contributed by atoms with Crippen LogP contribution in [0.2, 0.25) is 0 Å². The molecule has 1 fully saturated rings. The number of epoxide rings is 1. The molecule has 3 heterocycles. The Balaban J connectivity index is 1.88. The molecular formula is C22H23N3O2. The first kappa shape index (κ1) is 15.7. The Morgan fingerprint density at radius 1 is 1.30 bits per heavy atom. The van der Waals surface area contributed by atoms with Gasteiger partial charge in [0.1, 0.15) is 6.10 Å².